The van der Waals surface area contributed by atoms with Crippen LogP contribution in [-0.4, -0.2) is 13.3 Å². The Labute approximate surface area is 121 Å². The molecule has 0 aromatic heterocycles. The highest BCUT2D eigenvalue weighted by Crippen LogP contribution is 2.35. The number of methoxy groups -OCH3 is 1. The van der Waals surface area contributed by atoms with Crippen molar-refractivity contribution in [3.8, 4) is 5.75 Å². The number of ether oxygens (including phenoxy) is 1. The van der Waals surface area contributed by atoms with E-state index in [1.54, 1.807) is 36.4 Å². The Hall–Kier alpha value is -2.17. The predicted molar refractivity (Wildman–Crippen MR) is 76.6 cm³/mol. The quantitative estimate of drug-likeness (QED) is 0.881. The second-order valence-electron chi connectivity index (χ2n) is 4.76. The van der Waals surface area contributed by atoms with Gasteiger partial charge in [-0.3, -0.25) is 0 Å². The van der Waals surface area contributed by atoms with Crippen LogP contribution in [0.15, 0.2) is 48.5 Å². The van der Waals surface area contributed by atoms with Crippen molar-refractivity contribution in [3.05, 3.63) is 59.7 Å². The molecule has 0 fully saturated rings. The van der Waals surface area contributed by atoms with Crippen LogP contribution < -0.4 is 10.1 Å². The lowest BCUT2D eigenvalue weighted by atomic mass is 10.0. The number of benzene rings is 2. The van der Waals surface area contributed by atoms with Crippen LogP contribution >= 0.6 is 0 Å². The Morgan fingerprint density at radius 3 is 2.00 bits per heavy atom. The first-order chi connectivity index (χ1) is 9.90. The molecular weight excluding hydrogens is 279 g/mol. The third-order valence-electron chi connectivity index (χ3n) is 3.14. The number of alkyl halides is 3. The smallest absolute Gasteiger partial charge is 0.412 e. The normalized spacial score (nSPS) is 12.8. The van der Waals surface area contributed by atoms with Crippen molar-refractivity contribution in [2.75, 3.05) is 12.4 Å². The van der Waals surface area contributed by atoms with E-state index in [9.17, 15) is 13.2 Å². The van der Waals surface area contributed by atoms with Gasteiger partial charge in [-0.15, -0.1) is 0 Å². The van der Waals surface area contributed by atoms with Gasteiger partial charge in [0.15, 0.2) is 0 Å². The Morgan fingerprint density at radius 2 is 1.52 bits per heavy atom. The number of aryl methyl sites for hydroxylation is 1. The molecule has 0 radical (unpaired) electrons. The van der Waals surface area contributed by atoms with Crippen molar-refractivity contribution >= 4 is 5.69 Å². The second-order valence-corrected chi connectivity index (χ2v) is 4.76. The summed E-state index contributed by atoms with van der Waals surface area (Å²) in [5, 5.41) is 2.53. The summed E-state index contributed by atoms with van der Waals surface area (Å²) in [6, 6.07) is 10.9. The summed E-state index contributed by atoms with van der Waals surface area (Å²) >= 11 is 0. The van der Waals surface area contributed by atoms with Gasteiger partial charge in [-0.1, -0.05) is 29.8 Å². The van der Waals surface area contributed by atoms with Gasteiger partial charge in [0.05, 0.1) is 7.11 Å². The van der Waals surface area contributed by atoms with Crippen LogP contribution in [0.25, 0.3) is 0 Å². The van der Waals surface area contributed by atoms with E-state index < -0.39 is 12.2 Å². The van der Waals surface area contributed by atoms with E-state index in [0.29, 0.717) is 11.4 Å². The molecule has 1 N–H and O–H groups in total. The summed E-state index contributed by atoms with van der Waals surface area (Å²) < 4.78 is 44.7. The summed E-state index contributed by atoms with van der Waals surface area (Å²) in [5.74, 6) is 0.597. The fourth-order valence-electron chi connectivity index (χ4n) is 1.97. The summed E-state index contributed by atoms with van der Waals surface area (Å²) in [6.45, 7) is 1.84. The van der Waals surface area contributed by atoms with E-state index >= 15 is 0 Å². The lowest BCUT2D eigenvalue weighted by molar-refractivity contribution is -0.144. The molecule has 0 bridgehead atoms. The molecule has 0 saturated carbocycles. The zero-order chi connectivity index (χ0) is 15.5. The summed E-state index contributed by atoms with van der Waals surface area (Å²) in [7, 11) is 1.51. The number of anilines is 1. The first kappa shape index (κ1) is 15.2. The van der Waals surface area contributed by atoms with E-state index in [4.69, 9.17) is 4.74 Å². The molecule has 2 rings (SSSR count). The molecule has 112 valence electrons. The zero-order valence-corrected chi connectivity index (χ0v) is 11.7. The highest BCUT2D eigenvalue weighted by molar-refractivity contribution is 5.48. The van der Waals surface area contributed by atoms with Gasteiger partial charge in [0.25, 0.3) is 0 Å². The number of hydrogen-bond donors (Lipinski definition) is 1. The molecule has 0 unspecified atom stereocenters. The zero-order valence-electron chi connectivity index (χ0n) is 11.7. The molecule has 0 aliphatic carbocycles. The van der Waals surface area contributed by atoms with Gasteiger partial charge in [0.2, 0.25) is 0 Å². The minimum Gasteiger partial charge on any atom is -0.497 e. The first-order valence-corrected chi connectivity index (χ1v) is 6.44. The molecule has 5 heteroatoms. The van der Waals surface area contributed by atoms with Crippen molar-refractivity contribution in [3.63, 3.8) is 0 Å². The molecule has 0 spiro atoms. The molecule has 21 heavy (non-hydrogen) atoms. The molecular formula is C16H16F3NO. The Morgan fingerprint density at radius 1 is 0.952 bits per heavy atom. The Balaban J connectivity index is 2.26. The molecule has 2 nitrogen and oxygen atoms in total. The fraction of sp³-hybridized carbons (Fsp3) is 0.250. The minimum atomic E-state index is -4.38. The summed E-state index contributed by atoms with van der Waals surface area (Å²) in [6.07, 6.45) is -4.38. The maximum absolute atomic E-state index is 13.3. The minimum absolute atomic E-state index is 0.184. The SMILES string of the molecule is COc1ccc(N[C@@H](c2ccc(C)cc2)C(F)(F)F)cc1. The monoisotopic (exact) mass is 295 g/mol. The standard InChI is InChI=1S/C16H16F3NO/c1-11-3-5-12(6-4-11)15(16(17,18)19)20-13-7-9-14(21-2)10-8-13/h3-10,15,20H,1-2H3/t15-/m0/s1. The van der Waals surface area contributed by atoms with Gasteiger partial charge in [-0.2, -0.15) is 13.2 Å². The number of rotatable bonds is 4. The van der Waals surface area contributed by atoms with Gasteiger partial charge < -0.3 is 10.1 Å². The van der Waals surface area contributed by atoms with Crippen LogP contribution in [0.4, 0.5) is 18.9 Å². The van der Waals surface area contributed by atoms with Crippen LogP contribution in [0, 0.1) is 6.92 Å². The topological polar surface area (TPSA) is 21.3 Å². The first-order valence-electron chi connectivity index (χ1n) is 6.44. The molecule has 0 saturated heterocycles. The summed E-state index contributed by atoms with van der Waals surface area (Å²) in [5.41, 5.74) is 1.49. The fourth-order valence-corrected chi connectivity index (χ4v) is 1.97. The van der Waals surface area contributed by atoms with Crippen LogP contribution in [0.3, 0.4) is 0 Å². The maximum atomic E-state index is 13.3. The van der Waals surface area contributed by atoms with Crippen molar-refractivity contribution in [2.24, 2.45) is 0 Å². The van der Waals surface area contributed by atoms with Gasteiger partial charge in [-0.05, 0) is 36.8 Å². The van der Waals surface area contributed by atoms with E-state index in [-0.39, 0.29) is 5.56 Å². The predicted octanol–water partition coefficient (Wildman–Crippen LogP) is 4.72. The Bertz CT molecular complexity index is 576. The Kier molecular flexibility index (Phi) is 4.40. The average molecular weight is 295 g/mol. The maximum Gasteiger partial charge on any atom is 0.412 e. The van der Waals surface area contributed by atoms with Crippen molar-refractivity contribution < 1.29 is 17.9 Å². The van der Waals surface area contributed by atoms with Gasteiger partial charge in [-0.25, -0.2) is 0 Å². The van der Waals surface area contributed by atoms with E-state index in [0.717, 1.165) is 5.56 Å². The van der Waals surface area contributed by atoms with E-state index in [1.165, 1.54) is 19.2 Å². The molecule has 1 atom stereocenters. The average Bonchev–Trinajstić information content (AvgIpc) is 2.45. The van der Waals surface area contributed by atoms with Crippen molar-refractivity contribution in [2.45, 2.75) is 19.1 Å². The molecule has 0 heterocycles. The molecule has 2 aromatic carbocycles. The lowest BCUT2D eigenvalue weighted by Gasteiger charge is -2.23. The third-order valence-corrected chi connectivity index (χ3v) is 3.14. The molecule has 0 amide bonds. The van der Waals surface area contributed by atoms with Gasteiger partial charge >= 0.3 is 6.18 Å². The summed E-state index contributed by atoms with van der Waals surface area (Å²) in [4.78, 5) is 0. The molecule has 0 aliphatic heterocycles. The van der Waals surface area contributed by atoms with E-state index in [1.807, 2.05) is 6.92 Å². The van der Waals surface area contributed by atoms with Crippen LogP contribution in [0.1, 0.15) is 17.2 Å². The van der Waals surface area contributed by atoms with Crippen LogP contribution in [-0.2, 0) is 0 Å². The van der Waals surface area contributed by atoms with E-state index in [2.05, 4.69) is 5.32 Å². The number of nitrogens with one attached hydrogen (secondary N) is 1. The van der Waals surface area contributed by atoms with Gasteiger partial charge in [0.1, 0.15) is 11.8 Å². The third kappa shape index (κ3) is 3.90. The van der Waals surface area contributed by atoms with Crippen molar-refractivity contribution in [1.29, 1.82) is 0 Å². The lowest BCUT2D eigenvalue weighted by Crippen LogP contribution is -2.27. The molecule has 2 aromatic rings. The molecule has 0 aliphatic rings. The van der Waals surface area contributed by atoms with Crippen LogP contribution in [0.5, 0.6) is 5.75 Å². The van der Waals surface area contributed by atoms with Crippen molar-refractivity contribution in [1.82, 2.24) is 0 Å². The van der Waals surface area contributed by atoms with Crippen LogP contribution in [0.2, 0.25) is 0 Å². The second kappa shape index (κ2) is 6.08. The highest BCUT2D eigenvalue weighted by Gasteiger charge is 2.40. The number of halogens is 3. The largest absolute Gasteiger partial charge is 0.497 e. The highest BCUT2D eigenvalue weighted by atomic mass is 19.4. The van der Waals surface area contributed by atoms with Gasteiger partial charge in [0, 0.05) is 5.69 Å². The number of hydrogen-bond acceptors (Lipinski definition) is 2.